The first-order chi connectivity index (χ1) is 15.1. The zero-order valence-electron chi connectivity index (χ0n) is 19.5. The molecule has 1 aliphatic carbocycles. The van der Waals surface area contributed by atoms with Gasteiger partial charge in [0.25, 0.3) is 5.91 Å². The number of nitrogens with zero attached hydrogens (tertiary/aromatic N) is 4. The van der Waals surface area contributed by atoms with Crippen molar-refractivity contribution < 1.29 is 24.3 Å². The second-order valence-electron chi connectivity index (χ2n) is 10.2. The zero-order chi connectivity index (χ0) is 23.1. The maximum absolute atomic E-state index is 12.6. The molecule has 176 valence electrons. The van der Waals surface area contributed by atoms with Crippen molar-refractivity contribution in [2.45, 2.75) is 89.2 Å². The van der Waals surface area contributed by atoms with Crippen LogP contribution in [0.2, 0.25) is 0 Å². The van der Waals surface area contributed by atoms with E-state index < -0.39 is 36.9 Å². The molecule has 2 N–H and O–H groups in total. The highest BCUT2D eigenvalue weighted by Gasteiger charge is 2.52. The summed E-state index contributed by atoms with van der Waals surface area (Å²) in [5.74, 6) is 0.235. The van der Waals surface area contributed by atoms with Gasteiger partial charge in [0, 0.05) is 43.0 Å². The van der Waals surface area contributed by atoms with Crippen molar-refractivity contribution in [2.75, 3.05) is 24.6 Å². The van der Waals surface area contributed by atoms with Gasteiger partial charge in [-0.3, -0.25) is 4.79 Å². The maximum atomic E-state index is 12.6. The van der Waals surface area contributed by atoms with Gasteiger partial charge in [0.15, 0.2) is 6.10 Å². The van der Waals surface area contributed by atoms with E-state index in [1.54, 1.807) is 17.3 Å². The molecule has 0 radical (unpaired) electrons. The Bertz CT molecular complexity index is 801. The van der Waals surface area contributed by atoms with Crippen LogP contribution in [-0.4, -0.2) is 87.2 Å². The molecule has 10 heteroatoms. The highest BCUT2D eigenvalue weighted by atomic mass is 16.7. The first-order valence-electron chi connectivity index (χ1n) is 11.7. The SMILES string of the molecule is CC1(C)OB(c2cnc(N(C[C@@H]3CCCCN3C(=O)[C@H](O)CO)C3CC3)nc2)OC1(C)C. The molecule has 0 bridgehead atoms. The molecule has 3 fully saturated rings. The van der Waals surface area contributed by atoms with E-state index in [4.69, 9.17) is 9.31 Å². The summed E-state index contributed by atoms with van der Waals surface area (Å²) in [5.41, 5.74) is -0.0670. The Balaban J connectivity index is 1.48. The molecule has 2 aliphatic heterocycles. The van der Waals surface area contributed by atoms with Gasteiger partial charge in [0.05, 0.1) is 17.8 Å². The van der Waals surface area contributed by atoms with Crippen LogP contribution in [0.15, 0.2) is 12.4 Å². The highest BCUT2D eigenvalue weighted by Crippen LogP contribution is 2.36. The zero-order valence-corrected chi connectivity index (χ0v) is 19.5. The molecule has 1 saturated carbocycles. The molecule has 0 aromatic carbocycles. The Morgan fingerprint density at radius 2 is 1.81 bits per heavy atom. The molecule has 1 aromatic heterocycles. The Morgan fingerprint density at radius 3 is 2.38 bits per heavy atom. The lowest BCUT2D eigenvalue weighted by molar-refractivity contribution is -0.145. The maximum Gasteiger partial charge on any atom is 0.498 e. The summed E-state index contributed by atoms with van der Waals surface area (Å²) in [6, 6.07) is 0.323. The molecule has 2 saturated heterocycles. The van der Waals surface area contributed by atoms with Crippen LogP contribution in [0.4, 0.5) is 5.95 Å². The van der Waals surface area contributed by atoms with Gasteiger partial charge < -0.3 is 29.3 Å². The number of amides is 1. The molecule has 0 unspecified atom stereocenters. The number of carbonyl (C=O) groups is 1. The van der Waals surface area contributed by atoms with Crippen molar-refractivity contribution in [2.24, 2.45) is 0 Å². The number of likely N-dealkylation sites (tertiary alicyclic amines) is 1. The van der Waals surface area contributed by atoms with E-state index in [0.29, 0.717) is 25.1 Å². The number of hydrogen-bond acceptors (Lipinski definition) is 8. The van der Waals surface area contributed by atoms with Gasteiger partial charge in [0.2, 0.25) is 5.95 Å². The smallest absolute Gasteiger partial charge is 0.399 e. The van der Waals surface area contributed by atoms with E-state index in [9.17, 15) is 15.0 Å². The van der Waals surface area contributed by atoms with Crippen molar-refractivity contribution in [3.63, 3.8) is 0 Å². The molecule has 1 amide bonds. The third kappa shape index (κ3) is 4.64. The number of aliphatic hydroxyl groups excluding tert-OH is 2. The summed E-state index contributed by atoms with van der Waals surface area (Å²) in [6.07, 6.45) is 7.11. The number of hydrogen-bond donors (Lipinski definition) is 2. The second kappa shape index (κ2) is 8.89. The van der Waals surface area contributed by atoms with Crippen LogP contribution in [0.1, 0.15) is 59.8 Å². The Labute approximate surface area is 190 Å². The number of piperidine rings is 1. The third-order valence-corrected chi connectivity index (χ3v) is 7.20. The van der Waals surface area contributed by atoms with Crippen LogP contribution in [0.5, 0.6) is 0 Å². The molecule has 3 heterocycles. The van der Waals surface area contributed by atoms with E-state index >= 15 is 0 Å². The van der Waals surface area contributed by atoms with E-state index in [2.05, 4.69) is 14.9 Å². The van der Waals surface area contributed by atoms with Crippen LogP contribution in [0, 0.1) is 0 Å². The summed E-state index contributed by atoms with van der Waals surface area (Å²) in [6.45, 7) is 8.72. The van der Waals surface area contributed by atoms with Crippen LogP contribution < -0.4 is 10.4 Å². The molecule has 3 aliphatic rings. The average Bonchev–Trinajstić information content (AvgIpc) is 3.58. The predicted octanol–water partition coefficient (Wildman–Crippen LogP) is 0.479. The molecular formula is C22H35BN4O5. The monoisotopic (exact) mass is 446 g/mol. The molecule has 9 nitrogen and oxygen atoms in total. The van der Waals surface area contributed by atoms with Gasteiger partial charge >= 0.3 is 7.12 Å². The first-order valence-corrected chi connectivity index (χ1v) is 11.7. The van der Waals surface area contributed by atoms with E-state index in [1.807, 2.05) is 27.7 Å². The standard InChI is InChI=1S/C22H35BN4O5/c1-21(2)22(3,4)32-23(31-21)15-11-24-20(25-12-15)27(16-8-9-16)13-17-7-5-6-10-26(17)19(30)18(29)14-28/h11-12,16-18,28-29H,5-10,13-14H2,1-4H3/t17-,18+/m0/s1. The largest absolute Gasteiger partial charge is 0.498 e. The lowest BCUT2D eigenvalue weighted by Crippen LogP contribution is -2.53. The average molecular weight is 446 g/mol. The fourth-order valence-electron chi connectivity index (χ4n) is 4.34. The molecule has 1 aromatic rings. The quantitative estimate of drug-likeness (QED) is 0.583. The lowest BCUT2D eigenvalue weighted by atomic mass is 9.81. The number of aromatic nitrogens is 2. The number of anilines is 1. The van der Waals surface area contributed by atoms with Crippen LogP contribution in [0.3, 0.4) is 0 Å². The van der Waals surface area contributed by atoms with Crippen molar-refractivity contribution >= 4 is 24.4 Å². The molecule has 0 spiro atoms. The van der Waals surface area contributed by atoms with Crippen molar-refractivity contribution in [3.05, 3.63) is 12.4 Å². The number of carbonyl (C=O) groups excluding carboxylic acids is 1. The third-order valence-electron chi connectivity index (χ3n) is 7.20. The highest BCUT2D eigenvalue weighted by molar-refractivity contribution is 6.61. The summed E-state index contributed by atoms with van der Waals surface area (Å²) in [4.78, 5) is 25.7. The Hall–Kier alpha value is -1.75. The molecule has 32 heavy (non-hydrogen) atoms. The summed E-state index contributed by atoms with van der Waals surface area (Å²) in [5, 5.41) is 19.1. The molecule has 2 atom stereocenters. The van der Waals surface area contributed by atoms with Crippen LogP contribution in [0.25, 0.3) is 0 Å². The minimum absolute atomic E-state index is 0.0376. The summed E-state index contributed by atoms with van der Waals surface area (Å²) in [7, 11) is -0.505. The second-order valence-corrected chi connectivity index (χ2v) is 10.2. The van der Waals surface area contributed by atoms with Gasteiger partial charge in [-0.05, 0) is 59.8 Å². The fraction of sp³-hybridized carbons (Fsp3) is 0.773. The summed E-state index contributed by atoms with van der Waals surface area (Å²) < 4.78 is 12.2. The van der Waals surface area contributed by atoms with Gasteiger partial charge in [-0.2, -0.15) is 0 Å². The van der Waals surface area contributed by atoms with E-state index in [-0.39, 0.29) is 6.04 Å². The van der Waals surface area contributed by atoms with Crippen LogP contribution >= 0.6 is 0 Å². The Morgan fingerprint density at radius 1 is 1.19 bits per heavy atom. The predicted molar refractivity (Wildman–Crippen MR) is 121 cm³/mol. The summed E-state index contributed by atoms with van der Waals surface area (Å²) >= 11 is 0. The number of rotatable bonds is 7. The first kappa shape index (κ1) is 23.4. The van der Waals surface area contributed by atoms with Crippen molar-refractivity contribution in [1.82, 2.24) is 14.9 Å². The molecule has 4 rings (SSSR count). The van der Waals surface area contributed by atoms with E-state index in [1.165, 1.54) is 0 Å². The van der Waals surface area contributed by atoms with Gasteiger partial charge in [-0.1, -0.05) is 0 Å². The van der Waals surface area contributed by atoms with Crippen LogP contribution in [-0.2, 0) is 14.1 Å². The molecular weight excluding hydrogens is 411 g/mol. The topological polar surface area (TPSA) is 108 Å². The minimum Gasteiger partial charge on any atom is -0.399 e. The van der Waals surface area contributed by atoms with Crippen molar-refractivity contribution in [3.8, 4) is 0 Å². The van der Waals surface area contributed by atoms with Gasteiger partial charge in [-0.25, -0.2) is 9.97 Å². The minimum atomic E-state index is -1.36. The lowest BCUT2D eigenvalue weighted by Gasteiger charge is -2.39. The normalized spacial score (nSPS) is 25.6. The fourth-order valence-corrected chi connectivity index (χ4v) is 4.34. The van der Waals surface area contributed by atoms with Gasteiger partial charge in [-0.15, -0.1) is 0 Å². The van der Waals surface area contributed by atoms with Crippen molar-refractivity contribution in [1.29, 1.82) is 0 Å². The van der Waals surface area contributed by atoms with Gasteiger partial charge in [0.1, 0.15) is 0 Å². The Kier molecular flexibility index (Phi) is 6.51. The van der Waals surface area contributed by atoms with E-state index in [0.717, 1.165) is 37.6 Å². The number of aliphatic hydroxyl groups is 2.